The first kappa shape index (κ1) is 12.6. The second-order valence-electron chi connectivity index (χ2n) is 3.18. The fourth-order valence-corrected chi connectivity index (χ4v) is 0.935. The lowest BCUT2D eigenvalue weighted by molar-refractivity contribution is 0.0596. The highest BCUT2D eigenvalue weighted by Gasteiger charge is 2.01. The summed E-state index contributed by atoms with van der Waals surface area (Å²) in [6.07, 6.45) is 1.38. The lowest BCUT2D eigenvalue weighted by Crippen LogP contribution is -2.24. The molecule has 0 aromatic rings. The van der Waals surface area contributed by atoms with Crippen LogP contribution in [0.5, 0.6) is 0 Å². The maximum absolute atomic E-state index is 9.28. The Labute approximate surface area is 80.8 Å². The predicted molar refractivity (Wildman–Crippen MR) is 54.8 cm³/mol. The highest BCUT2D eigenvalue weighted by atomic mass is 16.5. The number of methoxy groups -OCH3 is 1. The molecule has 2 N–H and O–H groups in total. The van der Waals surface area contributed by atoms with Gasteiger partial charge in [-0.1, -0.05) is 19.1 Å². The Morgan fingerprint density at radius 2 is 2.31 bits per heavy atom. The van der Waals surface area contributed by atoms with E-state index in [9.17, 15) is 5.11 Å². The summed E-state index contributed by atoms with van der Waals surface area (Å²) >= 11 is 0. The van der Waals surface area contributed by atoms with Gasteiger partial charge in [0.2, 0.25) is 0 Å². The minimum absolute atomic E-state index is 0.354. The number of ether oxygens (including phenoxy) is 1. The van der Waals surface area contributed by atoms with Gasteiger partial charge in [-0.3, -0.25) is 0 Å². The summed E-state index contributed by atoms with van der Waals surface area (Å²) in [5.41, 5.74) is 1.20. The smallest absolute Gasteiger partial charge is 0.0785 e. The normalized spacial score (nSPS) is 12.8. The largest absolute Gasteiger partial charge is 0.391 e. The van der Waals surface area contributed by atoms with E-state index in [-0.39, 0.29) is 6.10 Å². The van der Waals surface area contributed by atoms with Gasteiger partial charge in [0.25, 0.3) is 0 Å². The number of aliphatic hydroxyl groups excluding tert-OH is 1. The van der Waals surface area contributed by atoms with Crippen LogP contribution in [-0.4, -0.2) is 38.0 Å². The number of rotatable bonds is 8. The molecule has 0 rings (SSSR count). The molecule has 0 fully saturated rings. The van der Waals surface area contributed by atoms with Crippen molar-refractivity contribution in [2.24, 2.45) is 0 Å². The molecule has 0 saturated heterocycles. The fourth-order valence-electron chi connectivity index (χ4n) is 0.935. The van der Waals surface area contributed by atoms with Gasteiger partial charge in [0.05, 0.1) is 12.7 Å². The molecular formula is C10H21NO2. The van der Waals surface area contributed by atoms with Crippen LogP contribution in [0.4, 0.5) is 0 Å². The van der Waals surface area contributed by atoms with Crippen molar-refractivity contribution in [2.45, 2.75) is 25.9 Å². The second kappa shape index (κ2) is 8.23. The van der Waals surface area contributed by atoms with Crippen molar-refractivity contribution in [3.8, 4) is 0 Å². The van der Waals surface area contributed by atoms with Crippen LogP contribution in [0.25, 0.3) is 0 Å². The molecule has 1 atom stereocenters. The van der Waals surface area contributed by atoms with E-state index >= 15 is 0 Å². The van der Waals surface area contributed by atoms with Crippen molar-refractivity contribution in [3.63, 3.8) is 0 Å². The molecule has 0 radical (unpaired) electrons. The number of aliphatic hydroxyl groups is 1. The molecule has 3 heteroatoms. The summed E-state index contributed by atoms with van der Waals surface area (Å²) in [7, 11) is 1.59. The first-order chi connectivity index (χ1) is 6.20. The Hall–Kier alpha value is -0.380. The van der Waals surface area contributed by atoms with Crippen molar-refractivity contribution < 1.29 is 9.84 Å². The molecular weight excluding hydrogens is 166 g/mol. The van der Waals surface area contributed by atoms with E-state index in [4.69, 9.17) is 4.74 Å². The summed E-state index contributed by atoms with van der Waals surface area (Å²) in [6, 6.07) is 0. The van der Waals surface area contributed by atoms with Crippen molar-refractivity contribution in [1.29, 1.82) is 0 Å². The van der Waals surface area contributed by atoms with Gasteiger partial charge < -0.3 is 15.2 Å². The van der Waals surface area contributed by atoms with Crippen molar-refractivity contribution in [2.75, 3.05) is 26.8 Å². The van der Waals surface area contributed by atoms with Crippen LogP contribution in [0.3, 0.4) is 0 Å². The van der Waals surface area contributed by atoms with Crippen LogP contribution in [0.1, 0.15) is 19.8 Å². The lowest BCUT2D eigenvalue weighted by Gasteiger charge is -2.10. The Morgan fingerprint density at radius 1 is 1.62 bits per heavy atom. The maximum atomic E-state index is 9.28. The first-order valence-electron chi connectivity index (χ1n) is 4.75. The molecule has 0 heterocycles. The third kappa shape index (κ3) is 7.96. The van der Waals surface area contributed by atoms with E-state index in [0.717, 1.165) is 25.9 Å². The van der Waals surface area contributed by atoms with Crippen LogP contribution in [0.15, 0.2) is 12.2 Å². The van der Waals surface area contributed by atoms with Gasteiger partial charge in [0, 0.05) is 13.7 Å². The van der Waals surface area contributed by atoms with Gasteiger partial charge in [-0.15, -0.1) is 0 Å². The Balaban J connectivity index is 3.20. The van der Waals surface area contributed by atoms with E-state index in [2.05, 4.69) is 18.8 Å². The topological polar surface area (TPSA) is 41.5 Å². The van der Waals surface area contributed by atoms with Crippen LogP contribution >= 0.6 is 0 Å². The molecule has 0 saturated carbocycles. The summed E-state index contributed by atoms with van der Waals surface area (Å²) in [6.45, 7) is 8.03. The standard InChI is InChI=1S/C10H21NO2/c1-4-9(2)7-11-6-5-10(12)8-13-3/h10-12H,2,4-8H2,1,3H3. The number of hydrogen-bond donors (Lipinski definition) is 2. The van der Waals surface area contributed by atoms with Crippen LogP contribution in [0.2, 0.25) is 0 Å². The number of nitrogens with one attached hydrogen (secondary N) is 1. The van der Waals surface area contributed by atoms with Gasteiger partial charge in [-0.2, -0.15) is 0 Å². The third-order valence-electron chi connectivity index (χ3n) is 1.89. The third-order valence-corrected chi connectivity index (χ3v) is 1.89. The number of hydrogen-bond acceptors (Lipinski definition) is 3. The molecule has 0 spiro atoms. The van der Waals surface area contributed by atoms with Gasteiger partial charge in [-0.25, -0.2) is 0 Å². The predicted octanol–water partition coefficient (Wildman–Crippen LogP) is 0.940. The quantitative estimate of drug-likeness (QED) is 0.439. The molecule has 1 unspecified atom stereocenters. The van der Waals surface area contributed by atoms with Crippen LogP contribution < -0.4 is 5.32 Å². The summed E-state index contributed by atoms with van der Waals surface area (Å²) in [5.74, 6) is 0. The zero-order chi connectivity index (χ0) is 10.1. The molecule has 0 aliphatic heterocycles. The average Bonchev–Trinajstić information content (AvgIpc) is 2.12. The SMILES string of the molecule is C=C(CC)CNCCC(O)COC. The van der Waals surface area contributed by atoms with Gasteiger partial charge >= 0.3 is 0 Å². The van der Waals surface area contributed by atoms with E-state index in [1.807, 2.05) is 0 Å². The highest BCUT2D eigenvalue weighted by Crippen LogP contribution is 1.94. The van der Waals surface area contributed by atoms with Gasteiger partial charge in [0.15, 0.2) is 0 Å². The second-order valence-corrected chi connectivity index (χ2v) is 3.18. The molecule has 0 aliphatic carbocycles. The highest BCUT2D eigenvalue weighted by molar-refractivity contribution is 4.94. The van der Waals surface area contributed by atoms with Crippen LogP contribution in [0, 0.1) is 0 Å². The monoisotopic (exact) mass is 187 g/mol. The van der Waals surface area contributed by atoms with Crippen molar-refractivity contribution in [1.82, 2.24) is 5.32 Å². The van der Waals surface area contributed by atoms with Crippen LogP contribution in [-0.2, 0) is 4.74 Å². The van der Waals surface area contributed by atoms with Crippen molar-refractivity contribution in [3.05, 3.63) is 12.2 Å². The van der Waals surface area contributed by atoms with E-state index < -0.39 is 0 Å². The summed E-state index contributed by atoms with van der Waals surface area (Å²) < 4.78 is 4.81. The zero-order valence-corrected chi connectivity index (χ0v) is 8.68. The van der Waals surface area contributed by atoms with Gasteiger partial charge in [-0.05, 0) is 19.4 Å². The molecule has 13 heavy (non-hydrogen) atoms. The molecule has 0 aliphatic rings. The lowest BCUT2D eigenvalue weighted by atomic mass is 10.2. The zero-order valence-electron chi connectivity index (χ0n) is 8.68. The average molecular weight is 187 g/mol. The van der Waals surface area contributed by atoms with E-state index in [1.54, 1.807) is 7.11 Å². The minimum atomic E-state index is -0.354. The Kier molecular flexibility index (Phi) is 7.99. The molecule has 0 amide bonds. The first-order valence-corrected chi connectivity index (χ1v) is 4.75. The Morgan fingerprint density at radius 3 is 2.85 bits per heavy atom. The minimum Gasteiger partial charge on any atom is -0.391 e. The molecule has 78 valence electrons. The molecule has 0 aromatic carbocycles. The maximum Gasteiger partial charge on any atom is 0.0785 e. The molecule has 0 aromatic heterocycles. The summed E-state index contributed by atoms with van der Waals surface area (Å²) in [4.78, 5) is 0. The Bertz CT molecular complexity index is 137. The molecule has 3 nitrogen and oxygen atoms in total. The fraction of sp³-hybridized carbons (Fsp3) is 0.800. The van der Waals surface area contributed by atoms with Gasteiger partial charge in [0.1, 0.15) is 0 Å². The van der Waals surface area contributed by atoms with Crippen molar-refractivity contribution >= 4 is 0 Å². The molecule has 0 bridgehead atoms. The van der Waals surface area contributed by atoms with E-state index in [0.29, 0.717) is 6.61 Å². The van der Waals surface area contributed by atoms with E-state index in [1.165, 1.54) is 5.57 Å². The summed E-state index contributed by atoms with van der Waals surface area (Å²) in [5, 5.41) is 12.5.